The Morgan fingerprint density at radius 3 is 2.08 bits per heavy atom. The zero-order chi connectivity index (χ0) is 9.40. The number of rotatable bonds is 7. The Morgan fingerprint density at radius 2 is 1.58 bits per heavy atom. The average Bonchev–Trinajstić information content (AvgIpc) is 2.00. The van der Waals surface area contributed by atoms with Gasteiger partial charge in [0.25, 0.3) is 0 Å². The Morgan fingerprint density at radius 1 is 1.00 bits per heavy atom. The first kappa shape index (κ1) is 11.9. The monoisotopic (exact) mass is 172 g/mol. The minimum Gasteiger partial charge on any atom is -0.328 e. The molecule has 0 bridgehead atoms. The SMILES string of the molecule is CCCCC(N)CCCC(C)N. The van der Waals surface area contributed by atoms with E-state index < -0.39 is 0 Å². The summed E-state index contributed by atoms with van der Waals surface area (Å²) in [6, 6.07) is 0.743. The lowest BCUT2D eigenvalue weighted by molar-refractivity contribution is 0.495. The van der Waals surface area contributed by atoms with E-state index in [9.17, 15) is 0 Å². The smallest absolute Gasteiger partial charge is 0.00388 e. The number of hydrogen-bond donors (Lipinski definition) is 2. The van der Waals surface area contributed by atoms with Crippen molar-refractivity contribution in [2.45, 2.75) is 64.5 Å². The molecule has 2 heteroatoms. The van der Waals surface area contributed by atoms with E-state index in [1.807, 2.05) is 0 Å². The third-order valence-corrected chi connectivity index (χ3v) is 2.16. The van der Waals surface area contributed by atoms with Crippen LogP contribution in [0.15, 0.2) is 0 Å². The summed E-state index contributed by atoms with van der Waals surface area (Å²) >= 11 is 0. The molecule has 2 unspecified atom stereocenters. The van der Waals surface area contributed by atoms with Crippen LogP contribution in [-0.2, 0) is 0 Å². The van der Waals surface area contributed by atoms with Crippen molar-refractivity contribution in [1.29, 1.82) is 0 Å². The predicted molar refractivity (Wildman–Crippen MR) is 55.0 cm³/mol. The van der Waals surface area contributed by atoms with Gasteiger partial charge in [0.15, 0.2) is 0 Å². The maximum atomic E-state index is 5.91. The van der Waals surface area contributed by atoms with Crippen LogP contribution in [0.1, 0.15) is 52.4 Å². The fourth-order valence-corrected chi connectivity index (χ4v) is 1.31. The van der Waals surface area contributed by atoms with Gasteiger partial charge in [0.1, 0.15) is 0 Å². The quantitative estimate of drug-likeness (QED) is 0.617. The van der Waals surface area contributed by atoms with Gasteiger partial charge in [-0.2, -0.15) is 0 Å². The zero-order valence-electron chi connectivity index (χ0n) is 8.55. The topological polar surface area (TPSA) is 52.0 Å². The first-order valence-corrected chi connectivity index (χ1v) is 5.18. The molecule has 0 rings (SSSR count). The fraction of sp³-hybridized carbons (Fsp3) is 1.00. The molecule has 0 amide bonds. The first-order chi connectivity index (χ1) is 5.66. The van der Waals surface area contributed by atoms with Crippen LogP contribution in [0, 0.1) is 0 Å². The molecule has 0 saturated heterocycles. The van der Waals surface area contributed by atoms with E-state index in [4.69, 9.17) is 11.5 Å². The molecule has 0 aliphatic heterocycles. The largest absolute Gasteiger partial charge is 0.328 e. The summed E-state index contributed by atoms with van der Waals surface area (Å²) in [5, 5.41) is 0. The van der Waals surface area contributed by atoms with Gasteiger partial charge < -0.3 is 11.5 Å². The number of unbranched alkanes of at least 4 members (excludes halogenated alkanes) is 1. The standard InChI is InChI=1S/C10H24N2/c1-3-4-7-10(12)8-5-6-9(2)11/h9-10H,3-8,11-12H2,1-2H3. The van der Waals surface area contributed by atoms with Gasteiger partial charge in [0, 0.05) is 12.1 Å². The molecule has 4 N–H and O–H groups in total. The van der Waals surface area contributed by atoms with Crippen LogP contribution >= 0.6 is 0 Å². The summed E-state index contributed by atoms with van der Waals surface area (Å²) in [6.07, 6.45) is 7.12. The summed E-state index contributed by atoms with van der Waals surface area (Å²) in [4.78, 5) is 0. The summed E-state index contributed by atoms with van der Waals surface area (Å²) in [5.74, 6) is 0. The lowest BCUT2D eigenvalue weighted by atomic mass is 10.0. The van der Waals surface area contributed by atoms with Crippen molar-refractivity contribution in [1.82, 2.24) is 0 Å². The molecule has 0 fully saturated rings. The Kier molecular flexibility index (Phi) is 7.51. The van der Waals surface area contributed by atoms with Gasteiger partial charge in [-0.15, -0.1) is 0 Å². The van der Waals surface area contributed by atoms with E-state index in [0.717, 1.165) is 12.8 Å². The van der Waals surface area contributed by atoms with E-state index in [-0.39, 0.29) is 0 Å². The number of nitrogens with two attached hydrogens (primary N) is 2. The maximum Gasteiger partial charge on any atom is 0.00388 e. The summed E-state index contributed by atoms with van der Waals surface area (Å²) in [7, 11) is 0. The van der Waals surface area contributed by atoms with Crippen molar-refractivity contribution in [2.75, 3.05) is 0 Å². The highest BCUT2D eigenvalue weighted by atomic mass is 14.6. The summed E-state index contributed by atoms with van der Waals surface area (Å²) in [5.41, 5.74) is 11.5. The van der Waals surface area contributed by atoms with Crippen LogP contribution in [0.3, 0.4) is 0 Å². The van der Waals surface area contributed by atoms with E-state index in [1.54, 1.807) is 0 Å². The minimum atomic E-state index is 0.336. The van der Waals surface area contributed by atoms with Gasteiger partial charge in [0.05, 0.1) is 0 Å². The van der Waals surface area contributed by atoms with Crippen LogP contribution in [-0.4, -0.2) is 12.1 Å². The van der Waals surface area contributed by atoms with Crippen molar-refractivity contribution >= 4 is 0 Å². The summed E-state index contributed by atoms with van der Waals surface area (Å²) < 4.78 is 0. The second-order valence-corrected chi connectivity index (χ2v) is 3.81. The first-order valence-electron chi connectivity index (χ1n) is 5.18. The van der Waals surface area contributed by atoms with E-state index in [1.165, 1.54) is 25.7 Å². The van der Waals surface area contributed by atoms with Crippen molar-refractivity contribution in [2.24, 2.45) is 11.5 Å². The zero-order valence-corrected chi connectivity index (χ0v) is 8.55. The Hall–Kier alpha value is -0.0800. The molecule has 2 nitrogen and oxygen atoms in total. The molecule has 0 radical (unpaired) electrons. The van der Waals surface area contributed by atoms with Gasteiger partial charge in [-0.25, -0.2) is 0 Å². The second-order valence-electron chi connectivity index (χ2n) is 3.81. The van der Waals surface area contributed by atoms with Crippen molar-refractivity contribution in [3.8, 4) is 0 Å². The minimum absolute atomic E-state index is 0.336. The third kappa shape index (κ3) is 8.02. The van der Waals surface area contributed by atoms with Gasteiger partial charge >= 0.3 is 0 Å². The fourth-order valence-electron chi connectivity index (χ4n) is 1.31. The lowest BCUT2D eigenvalue weighted by Crippen LogP contribution is -2.21. The van der Waals surface area contributed by atoms with Crippen molar-refractivity contribution in [3.05, 3.63) is 0 Å². The Labute approximate surface area is 76.7 Å². The second kappa shape index (κ2) is 7.56. The molecule has 2 atom stereocenters. The van der Waals surface area contributed by atoms with Gasteiger partial charge in [-0.3, -0.25) is 0 Å². The van der Waals surface area contributed by atoms with Crippen LogP contribution < -0.4 is 11.5 Å². The van der Waals surface area contributed by atoms with E-state index in [0.29, 0.717) is 12.1 Å². The highest BCUT2D eigenvalue weighted by molar-refractivity contribution is 4.63. The van der Waals surface area contributed by atoms with Gasteiger partial charge in [-0.1, -0.05) is 26.2 Å². The molecular weight excluding hydrogens is 148 g/mol. The molecule has 74 valence electrons. The van der Waals surface area contributed by atoms with Crippen LogP contribution in [0.25, 0.3) is 0 Å². The molecule has 0 heterocycles. The molecule has 0 spiro atoms. The third-order valence-electron chi connectivity index (χ3n) is 2.16. The molecule has 12 heavy (non-hydrogen) atoms. The molecule has 0 aromatic rings. The predicted octanol–water partition coefficient (Wildman–Crippen LogP) is 2.02. The molecule has 0 aliphatic rings. The van der Waals surface area contributed by atoms with Crippen molar-refractivity contribution < 1.29 is 0 Å². The highest BCUT2D eigenvalue weighted by Crippen LogP contribution is 2.06. The Bertz CT molecular complexity index is 91.8. The molecule has 0 saturated carbocycles. The molecular formula is C10H24N2. The maximum absolute atomic E-state index is 5.91. The molecule has 0 aromatic heterocycles. The van der Waals surface area contributed by atoms with E-state index >= 15 is 0 Å². The van der Waals surface area contributed by atoms with Gasteiger partial charge in [0.2, 0.25) is 0 Å². The van der Waals surface area contributed by atoms with Crippen molar-refractivity contribution in [3.63, 3.8) is 0 Å². The Balaban J connectivity index is 3.13. The normalized spacial score (nSPS) is 16.0. The average molecular weight is 172 g/mol. The van der Waals surface area contributed by atoms with Gasteiger partial charge in [-0.05, 0) is 26.2 Å². The highest BCUT2D eigenvalue weighted by Gasteiger charge is 2.02. The summed E-state index contributed by atoms with van der Waals surface area (Å²) in [6.45, 7) is 4.26. The van der Waals surface area contributed by atoms with Crippen LogP contribution in [0.5, 0.6) is 0 Å². The van der Waals surface area contributed by atoms with E-state index in [2.05, 4.69) is 13.8 Å². The van der Waals surface area contributed by atoms with Crippen LogP contribution in [0.4, 0.5) is 0 Å². The van der Waals surface area contributed by atoms with Crippen LogP contribution in [0.2, 0.25) is 0 Å². The lowest BCUT2D eigenvalue weighted by Gasteiger charge is -2.11. The number of hydrogen-bond acceptors (Lipinski definition) is 2. The molecule has 0 aliphatic carbocycles. The molecule has 0 aromatic carbocycles.